The molecule has 1 amide bonds. The van der Waals surface area contributed by atoms with Gasteiger partial charge >= 0.3 is 0 Å². The van der Waals surface area contributed by atoms with Crippen LogP contribution in [0.25, 0.3) is 10.2 Å². The lowest BCUT2D eigenvalue weighted by atomic mass is 10.2. The largest absolute Gasteiger partial charge is 0.352 e. The summed E-state index contributed by atoms with van der Waals surface area (Å²) in [6, 6.07) is 3.81. The number of aryl methyl sites for hydroxylation is 2. The molecule has 3 aromatic rings. The highest BCUT2D eigenvalue weighted by Gasteiger charge is 2.12. The van der Waals surface area contributed by atoms with E-state index in [0.29, 0.717) is 18.7 Å². The molecule has 0 aliphatic carbocycles. The van der Waals surface area contributed by atoms with Crippen LogP contribution < -0.4 is 5.32 Å². The Morgan fingerprint density at radius 1 is 1.33 bits per heavy atom. The molecule has 0 unspecified atom stereocenters. The number of thiophene rings is 1. The number of rotatable bonds is 6. The average Bonchev–Trinajstić information content (AvgIpc) is 2.89. The molecule has 0 fully saturated rings. The third-order valence-electron chi connectivity index (χ3n) is 3.71. The van der Waals surface area contributed by atoms with Gasteiger partial charge in [0.1, 0.15) is 16.2 Å². The van der Waals surface area contributed by atoms with Crippen molar-refractivity contribution < 1.29 is 4.79 Å². The highest BCUT2D eigenvalue weighted by Crippen LogP contribution is 2.34. The Balaban J connectivity index is 1.54. The first-order valence-corrected chi connectivity index (χ1v) is 9.44. The minimum atomic E-state index is 0.0369. The third kappa shape index (κ3) is 3.91. The van der Waals surface area contributed by atoms with Crippen molar-refractivity contribution in [2.45, 2.75) is 31.8 Å². The summed E-state index contributed by atoms with van der Waals surface area (Å²) in [6.07, 6.45) is 5.54. The van der Waals surface area contributed by atoms with Gasteiger partial charge in [-0.2, -0.15) is 0 Å². The van der Waals surface area contributed by atoms with Gasteiger partial charge in [0.15, 0.2) is 0 Å². The van der Waals surface area contributed by atoms with Gasteiger partial charge in [-0.05, 0) is 31.0 Å². The van der Waals surface area contributed by atoms with Crippen LogP contribution >= 0.6 is 23.1 Å². The number of carbonyl (C=O) groups is 1. The first-order valence-electron chi connectivity index (χ1n) is 7.64. The van der Waals surface area contributed by atoms with Gasteiger partial charge in [-0.15, -0.1) is 23.1 Å². The molecule has 0 aliphatic heterocycles. The second kappa shape index (κ2) is 7.72. The number of nitrogens with one attached hydrogen (secondary N) is 1. The monoisotopic (exact) mass is 358 g/mol. The molecule has 0 radical (unpaired) electrons. The summed E-state index contributed by atoms with van der Waals surface area (Å²) in [6.45, 7) is 4.71. The van der Waals surface area contributed by atoms with Gasteiger partial charge < -0.3 is 5.32 Å². The number of hydrogen-bond donors (Lipinski definition) is 1. The molecule has 7 heteroatoms. The molecular weight excluding hydrogens is 340 g/mol. The van der Waals surface area contributed by atoms with Gasteiger partial charge in [-0.1, -0.05) is 6.07 Å². The second-order valence-corrected chi connectivity index (χ2v) is 7.67. The quantitative estimate of drug-likeness (QED) is 0.539. The standard InChI is InChI=1S/C17H18N4OS2/c1-11-12(2)24-17-15(11)16(20-10-21-17)23-7-5-14(22)19-9-13-4-3-6-18-8-13/h3-4,6,8,10H,5,7,9H2,1-2H3,(H,19,22). The van der Waals surface area contributed by atoms with E-state index in [4.69, 9.17) is 0 Å². The third-order valence-corrected chi connectivity index (χ3v) is 5.82. The zero-order valence-corrected chi connectivity index (χ0v) is 15.2. The van der Waals surface area contributed by atoms with Crippen LogP contribution in [-0.4, -0.2) is 26.6 Å². The van der Waals surface area contributed by atoms with Crippen LogP contribution in [0.1, 0.15) is 22.4 Å². The van der Waals surface area contributed by atoms with E-state index < -0.39 is 0 Å². The van der Waals surface area contributed by atoms with Crippen molar-refractivity contribution in [3.8, 4) is 0 Å². The van der Waals surface area contributed by atoms with Crippen LogP contribution in [-0.2, 0) is 11.3 Å². The Kier molecular flexibility index (Phi) is 5.42. The number of fused-ring (bicyclic) bond motifs is 1. The van der Waals surface area contributed by atoms with Crippen molar-refractivity contribution in [1.82, 2.24) is 20.3 Å². The number of nitrogens with zero attached hydrogens (tertiary/aromatic N) is 3. The summed E-state index contributed by atoms with van der Waals surface area (Å²) in [5, 5.41) is 5.00. The lowest BCUT2D eigenvalue weighted by Gasteiger charge is -2.05. The van der Waals surface area contributed by atoms with E-state index in [0.717, 1.165) is 20.8 Å². The van der Waals surface area contributed by atoms with Gasteiger partial charge in [0.2, 0.25) is 5.91 Å². The second-order valence-electron chi connectivity index (χ2n) is 5.38. The Hall–Kier alpha value is -1.99. The van der Waals surface area contributed by atoms with E-state index in [9.17, 15) is 4.79 Å². The summed E-state index contributed by atoms with van der Waals surface area (Å²) in [5.41, 5.74) is 2.24. The molecule has 24 heavy (non-hydrogen) atoms. The predicted octanol–water partition coefficient (Wildman–Crippen LogP) is 3.50. The first-order chi connectivity index (χ1) is 11.6. The average molecular weight is 358 g/mol. The maximum absolute atomic E-state index is 12.0. The summed E-state index contributed by atoms with van der Waals surface area (Å²) in [5.74, 6) is 0.731. The molecule has 3 rings (SSSR count). The molecule has 0 aromatic carbocycles. The lowest BCUT2D eigenvalue weighted by molar-refractivity contribution is -0.120. The fourth-order valence-electron chi connectivity index (χ4n) is 2.29. The fourth-order valence-corrected chi connectivity index (χ4v) is 4.35. The molecule has 0 saturated heterocycles. The van der Waals surface area contributed by atoms with Crippen LogP contribution in [0.2, 0.25) is 0 Å². The molecule has 3 aromatic heterocycles. The molecule has 0 aliphatic rings. The zero-order valence-electron chi connectivity index (χ0n) is 13.6. The molecule has 0 bridgehead atoms. The molecule has 3 heterocycles. The van der Waals surface area contributed by atoms with Crippen LogP contribution in [0.5, 0.6) is 0 Å². The number of aromatic nitrogens is 3. The van der Waals surface area contributed by atoms with Crippen molar-refractivity contribution in [2.75, 3.05) is 5.75 Å². The van der Waals surface area contributed by atoms with Gasteiger partial charge in [-0.3, -0.25) is 9.78 Å². The topological polar surface area (TPSA) is 67.8 Å². The van der Waals surface area contributed by atoms with E-state index in [1.54, 1.807) is 41.8 Å². The van der Waals surface area contributed by atoms with Crippen molar-refractivity contribution in [2.24, 2.45) is 0 Å². The van der Waals surface area contributed by atoms with Gasteiger partial charge in [-0.25, -0.2) is 9.97 Å². The maximum Gasteiger partial charge on any atom is 0.221 e. The van der Waals surface area contributed by atoms with Crippen molar-refractivity contribution in [3.63, 3.8) is 0 Å². The fraction of sp³-hybridized carbons (Fsp3) is 0.294. The highest BCUT2D eigenvalue weighted by atomic mass is 32.2. The normalized spacial score (nSPS) is 10.9. The van der Waals surface area contributed by atoms with Gasteiger partial charge in [0.05, 0.1) is 0 Å². The summed E-state index contributed by atoms with van der Waals surface area (Å²) in [4.78, 5) is 27.0. The number of amides is 1. The van der Waals surface area contributed by atoms with E-state index in [1.807, 2.05) is 12.1 Å². The van der Waals surface area contributed by atoms with Crippen LogP contribution in [0, 0.1) is 13.8 Å². The number of carbonyl (C=O) groups excluding carboxylic acids is 1. The van der Waals surface area contributed by atoms with Crippen LogP contribution in [0.4, 0.5) is 0 Å². The summed E-state index contributed by atoms with van der Waals surface area (Å²) >= 11 is 3.30. The smallest absolute Gasteiger partial charge is 0.221 e. The van der Waals surface area contributed by atoms with E-state index in [2.05, 4.69) is 34.1 Å². The van der Waals surface area contributed by atoms with E-state index in [1.165, 1.54) is 10.4 Å². The molecule has 0 spiro atoms. The van der Waals surface area contributed by atoms with Crippen LogP contribution in [0.3, 0.4) is 0 Å². The highest BCUT2D eigenvalue weighted by molar-refractivity contribution is 7.99. The molecule has 5 nitrogen and oxygen atoms in total. The predicted molar refractivity (Wildman–Crippen MR) is 98.3 cm³/mol. The number of hydrogen-bond acceptors (Lipinski definition) is 6. The zero-order chi connectivity index (χ0) is 16.9. The number of pyridine rings is 1. The molecular formula is C17H18N4OS2. The Bertz CT molecular complexity index is 848. The molecule has 0 saturated carbocycles. The minimum Gasteiger partial charge on any atom is -0.352 e. The summed E-state index contributed by atoms with van der Waals surface area (Å²) in [7, 11) is 0. The first kappa shape index (κ1) is 16.9. The number of thioether (sulfide) groups is 1. The summed E-state index contributed by atoms with van der Waals surface area (Å²) < 4.78 is 0. The minimum absolute atomic E-state index is 0.0369. The van der Waals surface area contributed by atoms with E-state index >= 15 is 0 Å². The maximum atomic E-state index is 12.0. The van der Waals surface area contributed by atoms with Crippen molar-refractivity contribution in [3.05, 3.63) is 46.9 Å². The van der Waals surface area contributed by atoms with Gasteiger partial charge in [0.25, 0.3) is 0 Å². The Labute approximate surface area is 148 Å². The Morgan fingerprint density at radius 2 is 2.21 bits per heavy atom. The van der Waals surface area contributed by atoms with Crippen LogP contribution in [0.15, 0.2) is 35.9 Å². The Morgan fingerprint density at radius 3 is 3.00 bits per heavy atom. The van der Waals surface area contributed by atoms with Crippen molar-refractivity contribution in [1.29, 1.82) is 0 Å². The molecule has 0 atom stereocenters. The van der Waals surface area contributed by atoms with E-state index in [-0.39, 0.29) is 5.91 Å². The lowest BCUT2D eigenvalue weighted by Crippen LogP contribution is -2.23. The van der Waals surface area contributed by atoms with Gasteiger partial charge in [0, 0.05) is 41.4 Å². The van der Waals surface area contributed by atoms with Crippen molar-refractivity contribution >= 4 is 39.2 Å². The molecule has 124 valence electrons. The molecule has 1 N–H and O–H groups in total. The SMILES string of the molecule is Cc1sc2ncnc(SCCC(=O)NCc3cccnc3)c2c1C.